The third-order valence-electron chi connectivity index (χ3n) is 4.96. The summed E-state index contributed by atoms with van der Waals surface area (Å²) in [5.41, 5.74) is 7.14. The molecule has 2 atom stereocenters. The molecule has 7 nitrogen and oxygen atoms in total. The van der Waals surface area contributed by atoms with E-state index in [0.717, 1.165) is 18.7 Å². The molecule has 0 amide bonds. The first-order valence-corrected chi connectivity index (χ1v) is 8.62. The number of H-pyrrole nitrogens is 1. The Morgan fingerprint density at radius 1 is 1.32 bits per heavy atom. The second kappa shape index (κ2) is 6.42. The van der Waals surface area contributed by atoms with Crippen molar-refractivity contribution in [2.75, 3.05) is 13.1 Å². The van der Waals surface area contributed by atoms with E-state index in [1.54, 1.807) is 10.9 Å². The van der Waals surface area contributed by atoms with Gasteiger partial charge in [-0.25, -0.2) is 9.67 Å². The number of aromatic amines is 1. The molecule has 2 unspecified atom stereocenters. The number of likely N-dealkylation sites (tertiary alicyclic amines) is 1. The summed E-state index contributed by atoms with van der Waals surface area (Å²) in [6, 6.07) is 10.2. The Morgan fingerprint density at radius 2 is 2.12 bits per heavy atom. The van der Waals surface area contributed by atoms with E-state index in [1.807, 2.05) is 30.3 Å². The number of aromatic nitrogens is 4. The van der Waals surface area contributed by atoms with Gasteiger partial charge in [0.2, 0.25) is 0 Å². The van der Waals surface area contributed by atoms with Crippen LogP contribution in [0.3, 0.4) is 0 Å². The van der Waals surface area contributed by atoms with Crippen LogP contribution in [0.15, 0.2) is 41.3 Å². The number of nitrogens with zero attached hydrogens (tertiary/aromatic N) is 4. The molecular weight excluding hydrogens is 316 g/mol. The number of nitrogens with one attached hydrogen (secondary N) is 1. The molecule has 130 valence electrons. The minimum atomic E-state index is -0.149. The van der Waals surface area contributed by atoms with E-state index < -0.39 is 0 Å². The zero-order valence-electron chi connectivity index (χ0n) is 14.2. The molecule has 0 spiro atoms. The Kier molecular flexibility index (Phi) is 4.10. The SMILES string of the molecule is CC1CC(CN)CN1Cc1nc2c(cnn2-c2ccccc2)c(=O)[nH]1. The van der Waals surface area contributed by atoms with Crippen molar-refractivity contribution in [1.29, 1.82) is 0 Å². The quantitative estimate of drug-likeness (QED) is 0.747. The topological polar surface area (TPSA) is 92.8 Å². The molecule has 4 rings (SSSR count). The third-order valence-corrected chi connectivity index (χ3v) is 4.96. The lowest BCUT2D eigenvalue weighted by molar-refractivity contribution is 0.249. The van der Waals surface area contributed by atoms with Crippen LogP contribution in [0.2, 0.25) is 0 Å². The predicted octanol–water partition coefficient (Wildman–Crippen LogP) is 1.28. The van der Waals surface area contributed by atoms with Crippen molar-refractivity contribution < 1.29 is 0 Å². The van der Waals surface area contributed by atoms with Gasteiger partial charge in [0.25, 0.3) is 5.56 Å². The van der Waals surface area contributed by atoms with Gasteiger partial charge in [-0.15, -0.1) is 0 Å². The highest BCUT2D eigenvalue weighted by Gasteiger charge is 2.28. The van der Waals surface area contributed by atoms with Crippen LogP contribution < -0.4 is 11.3 Å². The van der Waals surface area contributed by atoms with E-state index in [1.165, 1.54) is 0 Å². The molecule has 3 N–H and O–H groups in total. The van der Waals surface area contributed by atoms with Gasteiger partial charge in [0.15, 0.2) is 5.65 Å². The van der Waals surface area contributed by atoms with Crippen LogP contribution in [0, 0.1) is 5.92 Å². The summed E-state index contributed by atoms with van der Waals surface area (Å²) in [4.78, 5) is 22.4. The zero-order chi connectivity index (χ0) is 17.4. The number of rotatable bonds is 4. The summed E-state index contributed by atoms with van der Waals surface area (Å²) >= 11 is 0. The lowest BCUT2D eigenvalue weighted by atomic mass is 10.1. The van der Waals surface area contributed by atoms with Crippen molar-refractivity contribution in [1.82, 2.24) is 24.6 Å². The molecule has 1 saturated heterocycles. The molecule has 0 aliphatic carbocycles. The molecule has 3 heterocycles. The maximum absolute atomic E-state index is 12.4. The van der Waals surface area contributed by atoms with Crippen molar-refractivity contribution >= 4 is 11.0 Å². The van der Waals surface area contributed by atoms with Crippen LogP contribution in [0.1, 0.15) is 19.2 Å². The lowest BCUT2D eigenvalue weighted by Gasteiger charge is -2.20. The van der Waals surface area contributed by atoms with Gasteiger partial charge in [-0.2, -0.15) is 5.10 Å². The van der Waals surface area contributed by atoms with E-state index in [9.17, 15) is 4.79 Å². The standard InChI is InChI=1S/C18H22N6O/c1-12-7-13(8-19)10-23(12)11-16-21-17-15(18(25)22-16)9-20-24(17)14-5-3-2-4-6-14/h2-6,9,12-13H,7-8,10-11,19H2,1H3,(H,21,22,25). The molecule has 2 aromatic heterocycles. The van der Waals surface area contributed by atoms with Crippen molar-refractivity contribution in [2.45, 2.75) is 25.9 Å². The molecule has 3 aromatic rings. The number of hydrogen-bond donors (Lipinski definition) is 2. The van der Waals surface area contributed by atoms with Crippen LogP contribution in [0.5, 0.6) is 0 Å². The van der Waals surface area contributed by atoms with Gasteiger partial charge in [0, 0.05) is 12.6 Å². The number of benzene rings is 1. The fourth-order valence-electron chi connectivity index (χ4n) is 3.60. The van der Waals surface area contributed by atoms with Gasteiger partial charge in [-0.3, -0.25) is 9.69 Å². The molecule has 7 heteroatoms. The predicted molar refractivity (Wildman–Crippen MR) is 96.5 cm³/mol. The van der Waals surface area contributed by atoms with Gasteiger partial charge in [0.1, 0.15) is 11.2 Å². The largest absolute Gasteiger partial charge is 0.330 e. The molecule has 0 saturated carbocycles. The molecule has 1 aliphatic heterocycles. The van der Waals surface area contributed by atoms with Crippen LogP contribution in [0.25, 0.3) is 16.7 Å². The fraction of sp³-hybridized carbons (Fsp3) is 0.389. The van der Waals surface area contributed by atoms with E-state index in [0.29, 0.717) is 41.9 Å². The summed E-state index contributed by atoms with van der Waals surface area (Å²) in [7, 11) is 0. The Hall–Kier alpha value is -2.51. The summed E-state index contributed by atoms with van der Waals surface area (Å²) < 4.78 is 1.71. The third kappa shape index (κ3) is 2.96. The van der Waals surface area contributed by atoms with E-state index in [-0.39, 0.29) is 5.56 Å². The van der Waals surface area contributed by atoms with Gasteiger partial charge in [-0.1, -0.05) is 18.2 Å². The first-order valence-electron chi connectivity index (χ1n) is 8.62. The number of hydrogen-bond acceptors (Lipinski definition) is 5. The second-order valence-corrected chi connectivity index (χ2v) is 6.76. The van der Waals surface area contributed by atoms with E-state index in [4.69, 9.17) is 10.7 Å². The monoisotopic (exact) mass is 338 g/mol. The molecule has 1 fully saturated rings. The number of fused-ring (bicyclic) bond motifs is 1. The van der Waals surface area contributed by atoms with Crippen molar-refractivity contribution in [3.05, 3.63) is 52.7 Å². The Morgan fingerprint density at radius 3 is 2.84 bits per heavy atom. The van der Waals surface area contributed by atoms with Gasteiger partial charge >= 0.3 is 0 Å². The summed E-state index contributed by atoms with van der Waals surface area (Å²) in [6.07, 6.45) is 2.66. The maximum Gasteiger partial charge on any atom is 0.262 e. The first kappa shape index (κ1) is 16.0. The average Bonchev–Trinajstić information content (AvgIpc) is 3.20. The fourth-order valence-corrected chi connectivity index (χ4v) is 3.60. The maximum atomic E-state index is 12.4. The minimum absolute atomic E-state index is 0.149. The Balaban J connectivity index is 1.70. The normalized spacial score (nSPS) is 21.2. The first-order chi connectivity index (χ1) is 12.2. The highest BCUT2D eigenvalue weighted by Crippen LogP contribution is 2.23. The van der Waals surface area contributed by atoms with Crippen LogP contribution in [-0.4, -0.2) is 43.8 Å². The molecule has 1 aromatic carbocycles. The number of nitrogens with two attached hydrogens (primary N) is 1. The molecular formula is C18H22N6O. The minimum Gasteiger partial charge on any atom is -0.330 e. The average molecular weight is 338 g/mol. The molecule has 0 radical (unpaired) electrons. The van der Waals surface area contributed by atoms with Crippen molar-refractivity contribution in [2.24, 2.45) is 11.7 Å². The Labute approximate surface area is 145 Å². The van der Waals surface area contributed by atoms with E-state index in [2.05, 4.69) is 21.9 Å². The highest BCUT2D eigenvalue weighted by atomic mass is 16.1. The van der Waals surface area contributed by atoms with Gasteiger partial charge < -0.3 is 10.7 Å². The Bertz CT molecular complexity index is 932. The summed E-state index contributed by atoms with van der Waals surface area (Å²) in [5.74, 6) is 1.18. The zero-order valence-corrected chi connectivity index (χ0v) is 14.2. The summed E-state index contributed by atoms with van der Waals surface area (Å²) in [6.45, 7) is 4.45. The summed E-state index contributed by atoms with van der Waals surface area (Å²) in [5, 5.41) is 4.85. The number of para-hydroxylation sites is 1. The van der Waals surface area contributed by atoms with Gasteiger partial charge in [-0.05, 0) is 37.9 Å². The molecule has 25 heavy (non-hydrogen) atoms. The van der Waals surface area contributed by atoms with Crippen molar-refractivity contribution in [3.8, 4) is 5.69 Å². The molecule has 1 aliphatic rings. The van der Waals surface area contributed by atoms with Crippen LogP contribution in [0.4, 0.5) is 0 Å². The molecule has 0 bridgehead atoms. The van der Waals surface area contributed by atoms with Crippen LogP contribution >= 0.6 is 0 Å². The van der Waals surface area contributed by atoms with Crippen molar-refractivity contribution in [3.63, 3.8) is 0 Å². The smallest absolute Gasteiger partial charge is 0.262 e. The van der Waals surface area contributed by atoms with Gasteiger partial charge in [0.05, 0.1) is 18.4 Å². The van der Waals surface area contributed by atoms with Crippen LogP contribution in [-0.2, 0) is 6.54 Å². The lowest BCUT2D eigenvalue weighted by Crippen LogP contribution is -2.29. The second-order valence-electron chi connectivity index (χ2n) is 6.76. The highest BCUT2D eigenvalue weighted by molar-refractivity contribution is 5.75. The van der Waals surface area contributed by atoms with E-state index >= 15 is 0 Å².